The molecule has 4 nitrogen and oxygen atoms in total. The molecule has 0 radical (unpaired) electrons. The highest BCUT2D eigenvalue weighted by molar-refractivity contribution is 7.89. The monoisotopic (exact) mass is 247 g/mol. The van der Waals surface area contributed by atoms with Crippen LogP contribution in [0.5, 0.6) is 0 Å². The van der Waals surface area contributed by atoms with Crippen LogP contribution < -0.4 is 4.72 Å². The summed E-state index contributed by atoms with van der Waals surface area (Å²) in [6.45, 7) is 2.04. The van der Waals surface area contributed by atoms with Crippen molar-refractivity contribution in [2.24, 2.45) is 11.8 Å². The van der Waals surface area contributed by atoms with Gasteiger partial charge in [-0.15, -0.1) is 0 Å². The average Bonchev–Trinajstić information content (AvgIpc) is 2.16. The second kappa shape index (κ2) is 5.66. The largest absolute Gasteiger partial charge is 0.274 e. The maximum absolute atomic E-state index is 11.4. The lowest BCUT2D eigenvalue weighted by atomic mass is 9.79. The summed E-state index contributed by atoms with van der Waals surface area (Å²) < 4.78 is 23.8. The van der Waals surface area contributed by atoms with Crippen molar-refractivity contribution in [2.75, 3.05) is 6.26 Å². The van der Waals surface area contributed by atoms with Gasteiger partial charge in [-0.3, -0.25) is 9.52 Å². The van der Waals surface area contributed by atoms with Crippen LogP contribution in [0.4, 0.5) is 0 Å². The third kappa shape index (κ3) is 4.96. The molecule has 1 amide bonds. The highest BCUT2D eigenvalue weighted by Gasteiger charge is 2.22. The maximum Gasteiger partial charge on any atom is 0.233 e. The van der Waals surface area contributed by atoms with E-state index in [2.05, 4.69) is 0 Å². The van der Waals surface area contributed by atoms with Gasteiger partial charge in [0.2, 0.25) is 15.9 Å². The van der Waals surface area contributed by atoms with Gasteiger partial charge >= 0.3 is 0 Å². The molecule has 1 fully saturated rings. The van der Waals surface area contributed by atoms with Crippen LogP contribution in [0, 0.1) is 11.8 Å². The molecule has 0 aromatic heterocycles. The fraction of sp³-hybridized carbons (Fsp3) is 0.909. The van der Waals surface area contributed by atoms with E-state index in [0.29, 0.717) is 12.3 Å². The van der Waals surface area contributed by atoms with Gasteiger partial charge < -0.3 is 0 Å². The van der Waals surface area contributed by atoms with E-state index in [1.165, 1.54) is 32.1 Å². The van der Waals surface area contributed by atoms with Crippen LogP contribution in [0.25, 0.3) is 0 Å². The zero-order valence-corrected chi connectivity index (χ0v) is 10.8. The first-order valence-corrected chi connectivity index (χ1v) is 7.78. The molecule has 1 aliphatic rings. The van der Waals surface area contributed by atoms with Crippen LogP contribution in [0.3, 0.4) is 0 Å². The van der Waals surface area contributed by atoms with E-state index in [1.807, 2.05) is 11.6 Å². The molecule has 0 unspecified atom stereocenters. The second-order valence-corrected chi connectivity index (χ2v) is 6.63. The van der Waals surface area contributed by atoms with Gasteiger partial charge in [-0.05, 0) is 11.8 Å². The molecule has 1 N–H and O–H groups in total. The topological polar surface area (TPSA) is 63.2 Å². The quantitative estimate of drug-likeness (QED) is 0.822. The lowest BCUT2D eigenvalue weighted by Crippen LogP contribution is -2.32. The smallest absolute Gasteiger partial charge is 0.233 e. The molecular weight excluding hydrogens is 226 g/mol. The normalized spacial score (nSPS) is 20.4. The van der Waals surface area contributed by atoms with Crippen LogP contribution >= 0.6 is 0 Å². The van der Waals surface area contributed by atoms with E-state index in [0.717, 1.165) is 6.26 Å². The van der Waals surface area contributed by atoms with E-state index in [4.69, 9.17) is 0 Å². The molecule has 0 aliphatic heterocycles. The predicted molar refractivity (Wildman–Crippen MR) is 63.3 cm³/mol. The number of rotatable bonds is 4. The zero-order chi connectivity index (χ0) is 12.2. The number of carbonyl (C=O) groups is 1. The summed E-state index contributed by atoms with van der Waals surface area (Å²) in [6, 6.07) is 0. The summed E-state index contributed by atoms with van der Waals surface area (Å²) in [5.41, 5.74) is 0. The highest BCUT2D eigenvalue weighted by atomic mass is 32.2. The van der Waals surface area contributed by atoms with Gasteiger partial charge in [0.15, 0.2) is 0 Å². The van der Waals surface area contributed by atoms with E-state index in [1.54, 1.807) is 0 Å². The number of nitrogens with one attached hydrogen (secondary N) is 1. The molecule has 5 heteroatoms. The summed E-state index contributed by atoms with van der Waals surface area (Å²) in [4.78, 5) is 11.4. The first kappa shape index (κ1) is 13.5. The predicted octanol–water partition coefficient (Wildman–Crippen LogP) is 1.67. The third-order valence-electron chi connectivity index (χ3n) is 3.26. The molecule has 1 saturated carbocycles. The Labute approximate surface area is 97.9 Å². The van der Waals surface area contributed by atoms with Crippen molar-refractivity contribution in [1.82, 2.24) is 4.72 Å². The Bertz CT molecular complexity index is 331. The van der Waals surface area contributed by atoms with Crippen LogP contribution in [0.15, 0.2) is 0 Å². The fourth-order valence-electron chi connectivity index (χ4n) is 2.41. The van der Waals surface area contributed by atoms with E-state index in [9.17, 15) is 13.2 Å². The summed E-state index contributed by atoms with van der Waals surface area (Å²) in [7, 11) is -3.40. The van der Waals surface area contributed by atoms with Crippen molar-refractivity contribution >= 4 is 15.9 Å². The zero-order valence-electron chi connectivity index (χ0n) is 10.0. The first-order chi connectivity index (χ1) is 7.38. The molecule has 0 heterocycles. The molecule has 0 bridgehead atoms. The molecule has 0 spiro atoms. The minimum absolute atomic E-state index is 0.280. The molecule has 1 aliphatic carbocycles. The maximum atomic E-state index is 11.4. The van der Waals surface area contributed by atoms with Gasteiger partial charge in [0.1, 0.15) is 0 Å². The van der Waals surface area contributed by atoms with Crippen LogP contribution in [-0.4, -0.2) is 20.6 Å². The second-order valence-electron chi connectivity index (χ2n) is 4.88. The Morgan fingerprint density at radius 1 is 1.31 bits per heavy atom. The van der Waals surface area contributed by atoms with Crippen molar-refractivity contribution < 1.29 is 13.2 Å². The number of amides is 1. The molecule has 1 atom stereocenters. The molecule has 94 valence electrons. The SMILES string of the molecule is C[C@H](CC(=O)NS(C)(=O)=O)C1CCCCC1. The Hall–Kier alpha value is -0.580. The summed E-state index contributed by atoms with van der Waals surface area (Å²) in [5.74, 6) is 0.488. The van der Waals surface area contributed by atoms with Gasteiger partial charge in [-0.25, -0.2) is 8.42 Å². The molecule has 1 rings (SSSR count). The van der Waals surface area contributed by atoms with Gasteiger partial charge in [-0.1, -0.05) is 39.0 Å². The molecule has 0 saturated heterocycles. The van der Waals surface area contributed by atoms with Crippen molar-refractivity contribution in [3.05, 3.63) is 0 Å². The van der Waals surface area contributed by atoms with Crippen molar-refractivity contribution in [3.63, 3.8) is 0 Å². The lowest BCUT2D eigenvalue weighted by Gasteiger charge is -2.27. The summed E-state index contributed by atoms with van der Waals surface area (Å²) in [6.07, 6.45) is 7.44. The average molecular weight is 247 g/mol. The first-order valence-electron chi connectivity index (χ1n) is 5.89. The molecular formula is C11H21NO3S. The van der Waals surface area contributed by atoms with Gasteiger partial charge in [0, 0.05) is 6.42 Å². The molecule has 0 aromatic rings. The van der Waals surface area contributed by atoms with Crippen LogP contribution in [0.2, 0.25) is 0 Å². The Kier molecular flexibility index (Phi) is 4.77. The number of hydrogen-bond acceptors (Lipinski definition) is 3. The third-order valence-corrected chi connectivity index (χ3v) is 3.86. The van der Waals surface area contributed by atoms with Crippen molar-refractivity contribution in [1.29, 1.82) is 0 Å². The van der Waals surface area contributed by atoms with Crippen LogP contribution in [-0.2, 0) is 14.8 Å². The van der Waals surface area contributed by atoms with Crippen molar-refractivity contribution in [2.45, 2.75) is 45.4 Å². The minimum Gasteiger partial charge on any atom is -0.274 e. The minimum atomic E-state index is -3.40. The van der Waals surface area contributed by atoms with Gasteiger partial charge in [-0.2, -0.15) is 0 Å². The lowest BCUT2D eigenvalue weighted by molar-refractivity contribution is -0.120. The summed E-state index contributed by atoms with van der Waals surface area (Å²) >= 11 is 0. The standard InChI is InChI=1S/C11H21NO3S/c1-9(10-6-4-3-5-7-10)8-11(13)12-16(2,14)15/h9-10H,3-8H2,1-2H3,(H,12,13)/t9-/m1/s1. The highest BCUT2D eigenvalue weighted by Crippen LogP contribution is 2.31. The molecule has 16 heavy (non-hydrogen) atoms. The van der Waals surface area contributed by atoms with Crippen molar-refractivity contribution in [3.8, 4) is 0 Å². The van der Waals surface area contributed by atoms with Gasteiger partial charge in [0.25, 0.3) is 0 Å². The number of hydrogen-bond donors (Lipinski definition) is 1. The number of sulfonamides is 1. The van der Waals surface area contributed by atoms with E-state index < -0.39 is 10.0 Å². The van der Waals surface area contributed by atoms with Gasteiger partial charge in [0.05, 0.1) is 6.26 Å². The number of carbonyl (C=O) groups excluding carboxylic acids is 1. The molecule has 0 aromatic carbocycles. The van der Waals surface area contributed by atoms with E-state index in [-0.39, 0.29) is 11.8 Å². The van der Waals surface area contributed by atoms with E-state index >= 15 is 0 Å². The Morgan fingerprint density at radius 3 is 2.38 bits per heavy atom. The Balaban J connectivity index is 2.38. The fourth-order valence-corrected chi connectivity index (χ4v) is 2.91. The van der Waals surface area contributed by atoms with Crippen LogP contribution in [0.1, 0.15) is 45.4 Å². The summed E-state index contributed by atoms with van der Waals surface area (Å²) in [5, 5.41) is 0. The Morgan fingerprint density at radius 2 is 1.88 bits per heavy atom.